The monoisotopic (exact) mass is 550 g/mol. The van der Waals surface area contributed by atoms with Gasteiger partial charge in [0, 0.05) is 16.6 Å². The molecular formula is C20H25Cl2IN4O2. The fourth-order valence-corrected chi connectivity index (χ4v) is 3.09. The van der Waals surface area contributed by atoms with E-state index in [1.807, 2.05) is 44.2 Å². The quantitative estimate of drug-likeness (QED) is 0.260. The summed E-state index contributed by atoms with van der Waals surface area (Å²) in [6.45, 7) is 4.99. The molecule has 1 atom stereocenters. The number of benzene rings is 2. The number of carbonyl (C=O) groups is 1. The van der Waals surface area contributed by atoms with Crippen molar-refractivity contribution < 1.29 is 9.53 Å². The van der Waals surface area contributed by atoms with E-state index in [4.69, 9.17) is 33.7 Å². The van der Waals surface area contributed by atoms with Crippen molar-refractivity contribution in [1.29, 1.82) is 0 Å². The molecule has 1 unspecified atom stereocenters. The lowest BCUT2D eigenvalue weighted by Gasteiger charge is -2.19. The molecule has 2 rings (SSSR count). The second-order valence-corrected chi connectivity index (χ2v) is 6.97. The van der Waals surface area contributed by atoms with Crippen molar-refractivity contribution in [2.75, 3.05) is 13.2 Å². The summed E-state index contributed by atoms with van der Waals surface area (Å²) >= 11 is 12.3. The van der Waals surface area contributed by atoms with Crippen LogP contribution in [0.25, 0.3) is 0 Å². The van der Waals surface area contributed by atoms with E-state index in [2.05, 4.69) is 15.6 Å². The minimum atomic E-state index is -0.517. The maximum absolute atomic E-state index is 10.8. The molecule has 9 heteroatoms. The molecule has 0 bridgehead atoms. The molecule has 0 aliphatic heterocycles. The highest BCUT2D eigenvalue weighted by Crippen LogP contribution is 2.26. The molecule has 6 nitrogen and oxygen atoms in total. The van der Waals surface area contributed by atoms with E-state index in [0.717, 1.165) is 11.1 Å². The Kier molecular flexibility index (Phi) is 11.2. The Balaban J connectivity index is 0.00000420. The summed E-state index contributed by atoms with van der Waals surface area (Å²) in [6.07, 6.45) is 0. The van der Waals surface area contributed by atoms with E-state index in [-0.39, 0.29) is 36.6 Å². The molecule has 0 saturated carbocycles. The van der Waals surface area contributed by atoms with Crippen LogP contribution >= 0.6 is 47.2 Å². The summed E-state index contributed by atoms with van der Waals surface area (Å²) in [5.41, 5.74) is 6.97. The van der Waals surface area contributed by atoms with Gasteiger partial charge in [-0.05, 0) is 49.2 Å². The van der Waals surface area contributed by atoms with Gasteiger partial charge in [0.2, 0.25) is 0 Å². The highest BCUT2D eigenvalue weighted by atomic mass is 127. The molecule has 4 N–H and O–H groups in total. The van der Waals surface area contributed by atoms with Crippen LogP contribution in [-0.2, 0) is 11.3 Å². The van der Waals surface area contributed by atoms with Gasteiger partial charge in [-0.3, -0.25) is 4.79 Å². The number of ether oxygens (including phenoxy) is 1. The van der Waals surface area contributed by atoms with Crippen molar-refractivity contribution in [2.24, 2.45) is 10.7 Å². The maximum atomic E-state index is 10.8. The molecule has 0 heterocycles. The zero-order valence-electron chi connectivity index (χ0n) is 16.2. The van der Waals surface area contributed by atoms with Crippen LogP contribution in [0.2, 0.25) is 10.0 Å². The highest BCUT2D eigenvalue weighted by molar-refractivity contribution is 14.0. The lowest BCUT2D eigenvalue weighted by atomic mass is 10.1. The SMILES string of the molecule is CCNC(=NCc1cccc(OCC(N)=O)c1)NC(C)c1ccc(Cl)cc1Cl.I. The van der Waals surface area contributed by atoms with Crippen molar-refractivity contribution in [3.63, 3.8) is 0 Å². The number of hydrogen-bond acceptors (Lipinski definition) is 3. The third kappa shape index (κ3) is 8.67. The molecule has 0 aliphatic rings. The Morgan fingerprint density at radius 3 is 2.66 bits per heavy atom. The van der Waals surface area contributed by atoms with Gasteiger partial charge < -0.3 is 21.1 Å². The van der Waals surface area contributed by atoms with Gasteiger partial charge in [0.05, 0.1) is 12.6 Å². The van der Waals surface area contributed by atoms with Crippen LogP contribution in [0.4, 0.5) is 0 Å². The molecular weight excluding hydrogens is 526 g/mol. The summed E-state index contributed by atoms with van der Waals surface area (Å²) in [7, 11) is 0. The van der Waals surface area contributed by atoms with Gasteiger partial charge in [-0.15, -0.1) is 24.0 Å². The third-order valence-corrected chi connectivity index (χ3v) is 4.39. The van der Waals surface area contributed by atoms with Gasteiger partial charge in [0.1, 0.15) is 5.75 Å². The molecule has 0 saturated heterocycles. The summed E-state index contributed by atoms with van der Waals surface area (Å²) < 4.78 is 5.33. The number of nitrogens with one attached hydrogen (secondary N) is 2. The van der Waals surface area contributed by atoms with Gasteiger partial charge >= 0.3 is 0 Å². The fraction of sp³-hybridized carbons (Fsp3) is 0.300. The summed E-state index contributed by atoms with van der Waals surface area (Å²) in [4.78, 5) is 15.5. The zero-order chi connectivity index (χ0) is 20.5. The minimum Gasteiger partial charge on any atom is -0.484 e. The van der Waals surface area contributed by atoms with E-state index in [1.165, 1.54) is 0 Å². The second-order valence-electron chi connectivity index (χ2n) is 6.13. The van der Waals surface area contributed by atoms with Crippen LogP contribution < -0.4 is 21.1 Å². The Bertz CT molecular complexity index is 849. The van der Waals surface area contributed by atoms with Gasteiger partial charge in [0.25, 0.3) is 5.91 Å². The first-order chi connectivity index (χ1) is 13.4. The third-order valence-electron chi connectivity index (χ3n) is 3.83. The molecule has 1 amide bonds. The Hall–Kier alpha value is -1.71. The number of guanidine groups is 1. The molecule has 0 fully saturated rings. The number of nitrogens with zero attached hydrogens (tertiary/aromatic N) is 1. The van der Waals surface area contributed by atoms with Crippen molar-refractivity contribution in [2.45, 2.75) is 26.4 Å². The number of amides is 1. The number of aliphatic imine (C=N–C) groups is 1. The molecule has 158 valence electrons. The summed E-state index contributed by atoms with van der Waals surface area (Å²) in [6, 6.07) is 12.7. The van der Waals surface area contributed by atoms with Crippen molar-refractivity contribution in [3.8, 4) is 5.75 Å². The van der Waals surface area contributed by atoms with Crippen LogP contribution in [0.15, 0.2) is 47.5 Å². The number of hydrogen-bond donors (Lipinski definition) is 3. The first-order valence-electron chi connectivity index (χ1n) is 8.89. The van der Waals surface area contributed by atoms with Crippen molar-refractivity contribution >= 4 is 59.0 Å². The van der Waals surface area contributed by atoms with Gasteiger partial charge in [-0.25, -0.2) is 4.99 Å². The smallest absolute Gasteiger partial charge is 0.255 e. The van der Waals surface area contributed by atoms with E-state index < -0.39 is 5.91 Å². The topological polar surface area (TPSA) is 88.7 Å². The lowest BCUT2D eigenvalue weighted by Crippen LogP contribution is -2.38. The first kappa shape index (κ1) is 25.3. The zero-order valence-corrected chi connectivity index (χ0v) is 20.1. The largest absolute Gasteiger partial charge is 0.484 e. The number of nitrogens with two attached hydrogens (primary N) is 1. The van der Waals surface area contributed by atoms with Crippen LogP contribution in [-0.4, -0.2) is 25.0 Å². The average molecular weight is 551 g/mol. The average Bonchev–Trinajstić information content (AvgIpc) is 2.65. The molecule has 0 aliphatic carbocycles. The fourth-order valence-electron chi connectivity index (χ4n) is 2.51. The van der Waals surface area contributed by atoms with E-state index in [1.54, 1.807) is 12.1 Å². The van der Waals surface area contributed by atoms with E-state index >= 15 is 0 Å². The van der Waals surface area contributed by atoms with Crippen LogP contribution in [0, 0.1) is 0 Å². The van der Waals surface area contributed by atoms with Crippen LogP contribution in [0.1, 0.15) is 31.0 Å². The van der Waals surface area contributed by atoms with Gasteiger partial charge in [-0.1, -0.05) is 41.4 Å². The van der Waals surface area contributed by atoms with E-state index in [9.17, 15) is 4.79 Å². The first-order valence-corrected chi connectivity index (χ1v) is 9.64. The van der Waals surface area contributed by atoms with Crippen molar-refractivity contribution in [3.05, 3.63) is 63.6 Å². The van der Waals surface area contributed by atoms with E-state index in [0.29, 0.717) is 34.8 Å². The minimum absolute atomic E-state index is 0. The molecule has 0 radical (unpaired) electrons. The Morgan fingerprint density at radius 2 is 2.00 bits per heavy atom. The molecule has 0 aromatic heterocycles. The number of primary amides is 1. The number of halogens is 3. The lowest BCUT2D eigenvalue weighted by molar-refractivity contribution is -0.119. The predicted octanol–water partition coefficient (Wildman–Crippen LogP) is 4.29. The second kappa shape index (κ2) is 12.8. The number of rotatable bonds is 8. The standard InChI is InChI=1S/C20H24Cl2N4O2.HI/c1-3-24-20(26-13(2)17-8-7-15(21)10-18(17)22)25-11-14-5-4-6-16(9-14)28-12-19(23)27;/h4-10,13H,3,11-12H2,1-2H3,(H2,23,27)(H2,24,25,26);1H. The molecule has 29 heavy (non-hydrogen) atoms. The highest BCUT2D eigenvalue weighted by Gasteiger charge is 2.12. The van der Waals surface area contributed by atoms with Crippen LogP contribution in [0.3, 0.4) is 0 Å². The van der Waals surface area contributed by atoms with Gasteiger partial charge in [-0.2, -0.15) is 0 Å². The molecule has 0 spiro atoms. The maximum Gasteiger partial charge on any atom is 0.255 e. The van der Waals surface area contributed by atoms with Gasteiger partial charge in [0.15, 0.2) is 12.6 Å². The normalized spacial score (nSPS) is 11.9. The summed E-state index contributed by atoms with van der Waals surface area (Å²) in [5.74, 6) is 0.715. The molecule has 2 aromatic rings. The Labute approximate surface area is 198 Å². The summed E-state index contributed by atoms with van der Waals surface area (Å²) in [5, 5.41) is 7.75. The van der Waals surface area contributed by atoms with Crippen LogP contribution in [0.5, 0.6) is 5.75 Å². The Morgan fingerprint density at radius 1 is 1.24 bits per heavy atom. The number of carbonyl (C=O) groups excluding carboxylic acids is 1. The predicted molar refractivity (Wildman–Crippen MR) is 129 cm³/mol. The molecule has 2 aromatic carbocycles. The van der Waals surface area contributed by atoms with Crippen molar-refractivity contribution in [1.82, 2.24) is 10.6 Å².